The Morgan fingerprint density at radius 3 is 2.78 bits per heavy atom. The van der Waals surface area contributed by atoms with Gasteiger partial charge in [-0.05, 0) is 28.1 Å². The number of halogens is 3. The molecule has 7 heteroatoms. The monoisotopic (exact) mass is 347 g/mol. The first kappa shape index (κ1) is 13.5. The Morgan fingerprint density at radius 2 is 2.06 bits per heavy atom. The molecule has 0 radical (unpaired) electrons. The second-order valence-corrected chi connectivity index (χ2v) is 5.03. The van der Waals surface area contributed by atoms with Crippen LogP contribution in [0.15, 0.2) is 28.9 Å². The van der Waals surface area contributed by atoms with Crippen LogP contribution in [0.2, 0.25) is 10.0 Å². The zero-order valence-electron chi connectivity index (χ0n) is 9.03. The summed E-state index contributed by atoms with van der Waals surface area (Å²) in [6.45, 7) is 0.298. The molecule has 1 aromatic heterocycles. The molecular weight excluding hydrogens is 341 g/mol. The van der Waals surface area contributed by atoms with E-state index in [1.807, 2.05) is 0 Å². The molecule has 0 aliphatic rings. The number of hydrogen-bond donors (Lipinski definition) is 1. The summed E-state index contributed by atoms with van der Waals surface area (Å²) >= 11 is 15.3. The van der Waals surface area contributed by atoms with Crippen molar-refractivity contribution in [3.05, 3.63) is 44.5 Å². The number of hydrogen-bond acceptors (Lipinski definition) is 4. The lowest BCUT2D eigenvalue weighted by Crippen LogP contribution is -2.02. The lowest BCUT2D eigenvalue weighted by molar-refractivity contribution is 0.448. The molecule has 1 heterocycles. The summed E-state index contributed by atoms with van der Waals surface area (Å²) in [5.74, 6) is 0.723. The quantitative estimate of drug-likeness (QED) is 0.857. The predicted molar refractivity (Wildman–Crippen MR) is 74.2 cm³/mol. The van der Waals surface area contributed by atoms with Gasteiger partial charge in [0.15, 0.2) is 0 Å². The van der Waals surface area contributed by atoms with E-state index in [1.54, 1.807) is 24.4 Å². The Balaban J connectivity index is 2.37. The zero-order chi connectivity index (χ0) is 13.1. The molecule has 2 aromatic rings. The molecule has 1 aromatic carbocycles. The van der Waals surface area contributed by atoms with Crippen LogP contribution in [-0.4, -0.2) is 10.2 Å². The molecule has 0 aliphatic carbocycles. The number of benzene rings is 1. The Labute approximate surface area is 122 Å². The average Bonchev–Trinajstić information content (AvgIpc) is 2.36. The zero-order valence-corrected chi connectivity index (χ0v) is 12.1. The van der Waals surface area contributed by atoms with Crippen LogP contribution >= 0.6 is 39.1 Å². The summed E-state index contributed by atoms with van der Waals surface area (Å²) in [6.07, 6.45) is 1.55. The Hall–Kier alpha value is -0.880. The van der Waals surface area contributed by atoms with Gasteiger partial charge in [0.05, 0.1) is 16.2 Å². The van der Waals surface area contributed by atoms with E-state index in [0.29, 0.717) is 32.7 Å². The molecule has 0 saturated carbocycles. The molecule has 0 bridgehead atoms. The summed E-state index contributed by atoms with van der Waals surface area (Å²) in [4.78, 5) is 0. The lowest BCUT2D eigenvalue weighted by Gasteiger charge is -2.10. The van der Waals surface area contributed by atoms with Crippen molar-refractivity contribution in [3.8, 4) is 11.6 Å². The highest BCUT2D eigenvalue weighted by molar-refractivity contribution is 9.10. The first-order valence-electron chi connectivity index (χ1n) is 4.95. The highest BCUT2D eigenvalue weighted by Gasteiger charge is 2.11. The van der Waals surface area contributed by atoms with Crippen LogP contribution in [0.1, 0.15) is 5.56 Å². The fraction of sp³-hybridized carbons (Fsp3) is 0.0909. The van der Waals surface area contributed by atoms with E-state index in [-0.39, 0.29) is 0 Å². The molecule has 0 fully saturated rings. The molecule has 0 atom stereocenters. The van der Waals surface area contributed by atoms with Crippen LogP contribution in [0.5, 0.6) is 11.6 Å². The molecule has 0 aliphatic heterocycles. The molecule has 0 unspecified atom stereocenters. The first-order valence-corrected chi connectivity index (χ1v) is 6.49. The molecule has 2 rings (SSSR count). The maximum absolute atomic E-state index is 6.05. The standard InChI is InChI=1S/C11H8BrCl2N3O/c12-7-3-9(14)10(4-8(7)13)18-11-6(5-15)1-2-16-17-11/h1-4H,5,15H2. The number of nitrogens with zero attached hydrogens (tertiary/aromatic N) is 2. The third-order valence-corrected chi connectivity index (χ3v) is 3.66. The van der Waals surface area contributed by atoms with E-state index < -0.39 is 0 Å². The van der Waals surface area contributed by atoms with Crippen LogP contribution < -0.4 is 10.5 Å². The van der Waals surface area contributed by atoms with Gasteiger partial charge in [-0.2, -0.15) is 5.10 Å². The Bertz CT molecular complexity index is 580. The Morgan fingerprint density at radius 1 is 1.28 bits per heavy atom. The van der Waals surface area contributed by atoms with E-state index in [9.17, 15) is 0 Å². The van der Waals surface area contributed by atoms with Gasteiger partial charge in [-0.3, -0.25) is 0 Å². The van der Waals surface area contributed by atoms with Crippen molar-refractivity contribution in [2.75, 3.05) is 0 Å². The third kappa shape index (κ3) is 2.92. The van der Waals surface area contributed by atoms with Gasteiger partial charge < -0.3 is 10.5 Å². The summed E-state index contributed by atoms with van der Waals surface area (Å²) in [5.41, 5.74) is 6.32. The highest BCUT2D eigenvalue weighted by atomic mass is 79.9. The molecular formula is C11H8BrCl2N3O. The molecule has 94 valence electrons. The maximum Gasteiger partial charge on any atom is 0.243 e. The van der Waals surface area contributed by atoms with Crippen molar-refractivity contribution in [2.45, 2.75) is 6.54 Å². The van der Waals surface area contributed by atoms with E-state index in [1.165, 1.54) is 0 Å². The molecule has 0 saturated heterocycles. The van der Waals surface area contributed by atoms with Crippen molar-refractivity contribution in [3.63, 3.8) is 0 Å². The van der Waals surface area contributed by atoms with Crippen LogP contribution in [0, 0.1) is 0 Å². The van der Waals surface area contributed by atoms with Gasteiger partial charge in [-0.25, -0.2) is 0 Å². The first-order chi connectivity index (χ1) is 8.61. The molecule has 0 amide bonds. The fourth-order valence-corrected chi connectivity index (χ4v) is 2.10. The minimum absolute atomic E-state index is 0.298. The van der Waals surface area contributed by atoms with Gasteiger partial charge >= 0.3 is 0 Å². The van der Waals surface area contributed by atoms with Crippen molar-refractivity contribution >= 4 is 39.1 Å². The summed E-state index contributed by atoms with van der Waals surface area (Å²) in [6, 6.07) is 4.98. The minimum atomic E-state index is 0.298. The van der Waals surface area contributed by atoms with Gasteiger partial charge in [-0.1, -0.05) is 23.2 Å². The van der Waals surface area contributed by atoms with E-state index in [2.05, 4.69) is 26.1 Å². The molecule has 2 N–H and O–H groups in total. The molecule has 0 spiro atoms. The van der Waals surface area contributed by atoms with Gasteiger partial charge in [0, 0.05) is 22.6 Å². The van der Waals surface area contributed by atoms with Crippen LogP contribution in [0.25, 0.3) is 0 Å². The predicted octanol–water partition coefficient (Wildman–Crippen LogP) is 3.80. The van der Waals surface area contributed by atoms with Gasteiger partial charge in [0.1, 0.15) is 5.75 Å². The number of nitrogens with two attached hydrogens (primary N) is 1. The highest BCUT2D eigenvalue weighted by Crippen LogP contribution is 2.36. The number of ether oxygens (including phenoxy) is 1. The smallest absolute Gasteiger partial charge is 0.243 e. The van der Waals surface area contributed by atoms with Crippen molar-refractivity contribution < 1.29 is 4.74 Å². The fourth-order valence-electron chi connectivity index (χ4n) is 1.27. The van der Waals surface area contributed by atoms with Gasteiger partial charge in [-0.15, -0.1) is 5.10 Å². The largest absolute Gasteiger partial charge is 0.436 e. The summed E-state index contributed by atoms with van der Waals surface area (Å²) in [5, 5.41) is 8.53. The summed E-state index contributed by atoms with van der Waals surface area (Å²) in [7, 11) is 0. The maximum atomic E-state index is 6.05. The van der Waals surface area contributed by atoms with E-state index >= 15 is 0 Å². The SMILES string of the molecule is NCc1ccnnc1Oc1cc(Cl)c(Br)cc1Cl. The second-order valence-electron chi connectivity index (χ2n) is 3.36. The normalized spacial score (nSPS) is 10.4. The van der Waals surface area contributed by atoms with Gasteiger partial charge in [0.25, 0.3) is 0 Å². The van der Waals surface area contributed by atoms with Gasteiger partial charge in [0.2, 0.25) is 5.88 Å². The van der Waals surface area contributed by atoms with Crippen molar-refractivity contribution in [1.29, 1.82) is 0 Å². The number of rotatable bonds is 3. The second kappa shape index (κ2) is 5.84. The van der Waals surface area contributed by atoms with Crippen LogP contribution in [0.4, 0.5) is 0 Å². The molecule has 18 heavy (non-hydrogen) atoms. The lowest BCUT2D eigenvalue weighted by atomic mass is 10.3. The van der Waals surface area contributed by atoms with E-state index in [0.717, 1.165) is 5.56 Å². The molecule has 4 nitrogen and oxygen atoms in total. The number of aromatic nitrogens is 2. The van der Waals surface area contributed by atoms with Crippen LogP contribution in [-0.2, 0) is 6.54 Å². The minimum Gasteiger partial charge on any atom is -0.436 e. The topological polar surface area (TPSA) is 61.0 Å². The third-order valence-electron chi connectivity index (χ3n) is 2.17. The van der Waals surface area contributed by atoms with Crippen molar-refractivity contribution in [2.24, 2.45) is 5.73 Å². The van der Waals surface area contributed by atoms with Crippen molar-refractivity contribution in [1.82, 2.24) is 10.2 Å². The van der Waals surface area contributed by atoms with E-state index in [4.69, 9.17) is 33.7 Å². The Kier molecular flexibility index (Phi) is 4.40. The average molecular weight is 349 g/mol. The summed E-state index contributed by atoms with van der Waals surface area (Å²) < 4.78 is 6.27. The van der Waals surface area contributed by atoms with Crippen LogP contribution in [0.3, 0.4) is 0 Å².